The van der Waals surface area contributed by atoms with Gasteiger partial charge in [-0.25, -0.2) is 9.37 Å². The summed E-state index contributed by atoms with van der Waals surface area (Å²) >= 11 is 0. The lowest BCUT2D eigenvalue weighted by atomic mass is 9.99. The van der Waals surface area contributed by atoms with Gasteiger partial charge in [-0.05, 0) is 68.3 Å². The molecule has 1 aliphatic rings. The number of carbonyl (C=O) groups is 1. The number of amides is 1. The van der Waals surface area contributed by atoms with Crippen molar-refractivity contribution in [3.63, 3.8) is 0 Å². The zero-order chi connectivity index (χ0) is 23.8. The van der Waals surface area contributed by atoms with Crippen LogP contribution in [0.1, 0.15) is 27.0 Å². The molecule has 1 fully saturated rings. The first-order valence-electron chi connectivity index (χ1n) is 11.7. The number of piperazine rings is 1. The zero-order valence-electron chi connectivity index (χ0n) is 19.8. The van der Waals surface area contributed by atoms with Crippen molar-refractivity contribution in [3.05, 3.63) is 94.8 Å². The van der Waals surface area contributed by atoms with E-state index in [1.807, 2.05) is 47.1 Å². The van der Waals surface area contributed by atoms with Gasteiger partial charge in [0.1, 0.15) is 5.82 Å². The molecule has 0 N–H and O–H groups in total. The van der Waals surface area contributed by atoms with Gasteiger partial charge < -0.3 is 9.80 Å². The predicted molar refractivity (Wildman–Crippen MR) is 136 cm³/mol. The Bertz CT molecular complexity index is 1390. The van der Waals surface area contributed by atoms with Crippen LogP contribution in [0, 0.1) is 26.6 Å². The Morgan fingerprint density at radius 3 is 2.35 bits per heavy atom. The Kier molecular flexibility index (Phi) is 5.78. The minimum atomic E-state index is -0.226. The molecule has 34 heavy (non-hydrogen) atoms. The summed E-state index contributed by atoms with van der Waals surface area (Å²) in [6.07, 6.45) is 0. The van der Waals surface area contributed by atoms with E-state index in [-0.39, 0.29) is 11.7 Å². The number of halogens is 1. The Morgan fingerprint density at radius 1 is 0.853 bits per heavy atom. The van der Waals surface area contributed by atoms with Crippen LogP contribution in [-0.2, 0) is 0 Å². The molecule has 4 aromatic rings. The second-order valence-electron chi connectivity index (χ2n) is 9.11. The molecular weight excluding hydrogens is 425 g/mol. The molecule has 5 heteroatoms. The van der Waals surface area contributed by atoms with E-state index in [2.05, 4.69) is 32.0 Å². The number of carbonyl (C=O) groups excluding carboxylic acids is 1. The maximum Gasteiger partial charge on any atom is 0.254 e. The molecule has 1 aliphatic heterocycles. The molecule has 1 aromatic heterocycles. The number of aryl methyl sites for hydroxylation is 3. The molecule has 0 unspecified atom stereocenters. The summed E-state index contributed by atoms with van der Waals surface area (Å²) in [7, 11) is 0. The van der Waals surface area contributed by atoms with Gasteiger partial charge in [0.2, 0.25) is 0 Å². The quantitative estimate of drug-likeness (QED) is 0.386. The van der Waals surface area contributed by atoms with E-state index < -0.39 is 0 Å². The molecule has 2 heterocycles. The van der Waals surface area contributed by atoms with E-state index in [1.165, 1.54) is 17.2 Å². The number of para-hydroxylation sites is 1. The van der Waals surface area contributed by atoms with E-state index in [1.54, 1.807) is 12.1 Å². The highest BCUT2D eigenvalue weighted by Crippen LogP contribution is 2.29. The molecule has 3 aromatic carbocycles. The standard InChI is InChI=1S/C29H28FN3O/c1-19-8-11-26-23(16-19)24(18-27(31-26)22-10-9-20(2)21(3)17-22)29(34)33-14-12-32(13-15-33)28-7-5-4-6-25(28)30/h4-11,16-18H,12-15H2,1-3H3. The second-order valence-corrected chi connectivity index (χ2v) is 9.11. The number of nitrogens with zero attached hydrogens (tertiary/aromatic N) is 3. The topological polar surface area (TPSA) is 36.4 Å². The maximum absolute atomic E-state index is 14.2. The lowest BCUT2D eigenvalue weighted by Gasteiger charge is -2.36. The fourth-order valence-corrected chi connectivity index (χ4v) is 4.59. The van der Waals surface area contributed by atoms with Gasteiger partial charge in [0.15, 0.2) is 0 Å². The van der Waals surface area contributed by atoms with Gasteiger partial charge in [-0.2, -0.15) is 0 Å². The summed E-state index contributed by atoms with van der Waals surface area (Å²) in [5.41, 5.74) is 7.39. The number of benzene rings is 3. The number of fused-ring (bicyclic) bond motifs is 1. The van der Waals surface area contributed by atoms with Gasteiger partial charge >= 0.3 is 0 Å². The Balaban J connectivity index is 1.48. The van der Waals surface area contributed by atoms with Crippen molar-refractivity contribution in [3.8, 4) is 11.3 Å². The molecule has 172 valence electrons. The van der Waals surface area contributed by atoms with Crippen molar-refractivity contribution in [1.82, 2.24) is 9.88 Å². The lowest BCUT2D eigenvalue weighted by molar-refractivity contribution is 0.0748. The van der Waals surface area contributed by atoms with Gasteiger partial charge in [0.05, 0.1) is 22.5 Å². The SMILES string of the molecule is Cc1ccc2nc(-c3ccc(C)c(C)c3)cc(C(=O)N3CCN(c4ccccc4F)CC3)c2c1. The number of hydrogen-bond donors (Lipinski definition) is 0. The number of anilines is 1. The largest absolute Gasteiger partial charge is 0.366 e. The van der Waals surface area contributed by atoms with Crippen LogP contribution < -0.4 is 4.90 Å². The Labute approximate surface area is 199 Å². The third-order valence-corrected chi connectivity index (χ3v) is 6.76. The molecule has 0 bridgehead atoms. The number of pyridine rings is 1. The first-order valence-corrected chi connectivity index (χ1v) is 11.7. The molecule has 0 atom stereocenters. The van der Waals surface area contributed by atoms with E-state index >= 15 is 0 Å². The van der Waals surface area contributed by atoms with Crippen molar-refractivity contribution < 1.29 is 9.18 Å². The monoisotopic (exact) mass is 453 g/mol. The molecule has 4 nitrogen and oxygen atoms in total. The van der Waals surface area contributed by atoms with Gasteiger partial charge in [-0.1, -0.05) is 35.9 Å². The number of aromatic nitrogens is 1. The van der Waals surface area contributed by atoms with Gasteiger partial charge in [0.25, 0.3) is 5.91 Å². The number of hydrogen-bond acceptors (Lipinski definition) is 3. The Morgan fingerprint density at radius 2 is 1.62 bits per heavy atom. The third-order valence-electron chi connectivity index (χ3n) is 6.76. The highest BCUT2D eigenvalue weighted by Gasteiger charge is 2.25. The van der Waals surface area contributed by atoms with Crippen LogP contribution in [0.25, 0.3) is 22.2 Å². The van der Waals surface area contributed by atoms with Crippen LogP contribution in [0.2, 0.25) is 0 Å². The Hall–Kier alpha value is -3.73. The highest BCUT2D eigenvalue weighted by atomic mass is 19.1. The molecule has 0 saturated carbocycles. The minimum absolute atomic E-state index is 0.00346. The summed E-state index contributed by atoms with van der Waals surface area (Å²) in [5.74, 6) is -0.229. The van der Waals surface area contributed by atoms with E-state index in [0.29, 0.717) is 37.4 Å². The summed E-state index contributed by atoms with van der Waals surface area (Å²) in [4.78, 5) is 22.5. The summed E-state index contributed by atoms with van der Waals surface area (Å²) in [6.45, 7) is 8.48. The van der Waals surface area contributed by atoms with Crippen LogP contribution in [-0.4, -0.2) is 42.0 Å². The highest BCUT2D eigenvalue weighted by molar-refractivity contribution is 6.07. The minimum Gasteiger partial charge on any atom is -0.366 e. The molecule has 0 spiro atoms. The van der Waals surface area contributed by atoms with Crippen LogP contribution in [0.3, 0.4) is 0 Å². The summed E-state index contributed by atoms with van der Waals surface area (Å²) in [6, 6.07) is 21.1. The van der Waals surface area contributed by atoms with Crippen LogP contribution >= 0.6 is 0 Å². The smallest absolute Gasteiger partial charge is 0.254 e. The molecular formula is C29H28FN3O. The predicted octanol–water partition coefficient (Wildman–Crippen LogP) is 5.93. The van der Waals surface area contributed by atoms with Gasteiger partial charge in [-0.3, -0.25) is 4.79 Å². The molecule has 1 saturated heterocycles. The molecule has 0 radical (unpaired) electrons. The third kappa shape index (κ3) is 4.14. The van der Waals surface area contributed by atoms with Crippen molar-refractivity contribution in [2.45, 2.75) is 20.8 Å². The molecule has 5 rings (SSSR count). The van der Waals surface area contributed by atoms with Crippen molar-refractivity contribution in [1.29, 1.82) is 0 Å². The molecule has 0 aliphatic carbocycles. The molecule has 1 amide bonds. The zero-order valence-corrected chi connectivity index (χ0v) is 19.8. The summed E-state index contributed by atoms with van der Waals surface area (Å²) in [5, 5.41) is 0.870. The second kappa shape index (κ2) is 8.90. The number of rotatable bonds is 3. The van der Waals surface area contributed by atoms with Crippen LogP contribution in [0.4, 0.5) is 10.1 Å². The van der Waals surface area contributed by atoms with Crippen molar-refractivity contribution >= 4 is 22.5 Å². The van der Waals surface area contributed by atoms with E-state index in [4.69, 9.17) is 4.98 Å². The van der Waals surface area contributed by atoms with E-state index in [0.717, 1.165) is 27.7 Å². The van der Waals surface area contributed by atoms with Gasteiger partial charge in [-0.15, -0.1) is 0 Å². The van der Waals surface area contributed by atoms with Crippen LogP contribution in [0.5, 0.6) is 0 Å². The fourth-order valence-electron chi connectivity index (χ4n) is 4.59. The normalized spacial score (nSPS) is 14.0. The maximum atomic E-state index is 14.2. The van der Waals surface area contributed by atoms with Gasteiger partial charge in [0, 0.05) is 37.1 Å². The average molecular weight is 454 g/mol. The summed E-state index contributed by atoms with van der Waals surface area (Å²) < 4.78 is 14.2. The van der Waals surface area contributed by atoms with E-state index in [9.17, 15) is 9.18 Å². The first kappa shape index (κ1) is 22.1. The van der Waals surface area contributed by atoms with Crippen LogP contribution in [0.15, 0.2) is 66.7 Å². The fraction of sp³-hybridized carbons (Fsp3) is 0.241. The average Bonchev–Trinajstić information content (AvgIpc) is 2.85. The lowest BCUT2D eigenvalue weighted by Crippen LogP contribution is -2.49. The first-order chi connectivity index (χ1) is 16.4. The van der Waals surface area contributed by atoms with Crippen molar-refractivity contribution in [2.75, 3.05) is 31.1 Å². The van der Waals surface area contributed by atoms with Crippen molar-refractivity contribution in [2.24, 2.45) is 0 Å².